The van der Waals surface area contributed by atoms with Gasteiger partial charge in [0, 0.05) is 37.5 Å². The van der Waals surface area contributed by atoms with E-state index in [0.717, 1.165) is 17.8 Å². The standard InChI is InChI=1S/C22H33N3O5S/c1-5-29-20(27)16-8-10-24(11-9-16)19(26)17-14-31-18(23-17)15-6-12-25(13-7-15)21(28)30-22(2,3)4/h14-16H,5-13H2,1-4H3. The summed E-state index contributed by atoms with van der Waals surface area (Å²) in [5.41, 5.74) is -0.0207. The molecule has 0 N–H and O–H groups in total. The molecule has 0 aliphatic carbocycles. The van der Waals surface area contributed by atoms with Crippen LogP contribution in [0.5, 0.6) is 0 Å². The summed E-state index contributed by atoms with van der Waals surface area (Å²) in [6.07, 6.45) is 2.61. The van der Waals surface area contributed by atoms with Crippen LogP contribution in [-0.2, 0) is 14.3 Å². The highest BCUT2D eigenvalue weighted by Crippen LogP contribution is 2.31. The number of nitrogens with zero attached hydrogens (tertiary/aromatic N) is 3. The number of aromatic nitrogens is 1. The normalized spacial score (nSPS) is 18.7. The number of likely N-dealkylation sites (tertiary alicyclic amines) is 2. The average molecular weight is 452 g/mol. The number of hydrogen-bond donors (Lipinski definition) is 0. The third-order valence-corrected chi connectivity index (χ3v) is 6.65. The van der Waals surface area contributed by atoms with E-state index in [2.05, 4.69) is 4.98 Å². The minimum absolute atomic E-state index is 0.0731. The number of carbonyl (C=O) groups is 3. The van der Waals surface area contributed by atoms with E-state index in [1.807, 2.05) is 26.2 Å². The van der Waals surface area contributed by atoms with Crippen molar-refractivity contribution in [3.8, 4) is 0 Å². The molecule has 0 bridgehead atoms. The maximum Gasteiger partial charge on any atom is 0.410 e. The first-order chi connectivity index (χ1) is 14.7. The smallest absolute Gasteiger partial charge is 0.410 e. The largest absolute Gasteiger partial charge is 0.466 e. The zero-order valence-corrected chi connectivity index (χ0v) is 19.7. The predicted molar refractivity (Wildman–Crippen MR) is 117 cm³/mol. The number of carbonyl (C=O) groups excluding carboxylic acids is 3. The van der Waals surface area contributed by atoms with E-state index in [1.54, 1.807) is 16.7 Å². The van der Waals surface area contributed by atoms with Crippen molar-refractivity contribution in [2.45, 2.75) is 64.9 Å². The molecule has 1 aromatic heterocycles. The van der Waals surface area contributed by atoms with Crippen molar-refractivity contribution in [1.29, 1.82) is 0 Å². The molecule has 8 nitrogen and oxygen atoms in total. The maximum atomic E-state index is 12.9. The first kappa shape index (κ1) is 23.5. The van der Waals surface area contributed by atoms with Gasteiger partial charge in [-0.25, -0.2) is 9.78 Å². The second-order valence-electron chi connectivity index (χ2n) is 9.13. The molecule has 0 saturated carbocycles. The second kappa shape index (κ2) is 9.97. The molecular formula is C22H33N3O5S. The summed E-state index contributed by atoms with van der Waals surface area (Å²) in [5, 5.41) is 2.78. The fourth-order valence-electron chi connectivity index (χ4n) is 3.95. The van der Waals surface area contributed by atoms with Gasteiger partial charge in [-0.2, -0.15) is 0 Å². The number of esters is 1. The molecule has 2 fully saturated rings. The summed E-state index contributed by atoms with van der Waals surface area (Å²) in [4.78, 5) is 45.1. The van der Waals surface area contributed by atoms with Crippen molar-refractivity contribution >= 4 is 29.3 Å². The number of amides is 2. The lowest BCUT2D eigenvalue weighted by molar-refractivity contribution is -0.149. The fourth-order valence-corrected chi connectivity index (χ4v) is 4.91. The Kier molecular flexibility index (Phi) is 7.56. The van der Waals surface area contributed by atoms with Gasteiger partial charge in [-0.1, -0.05) is 0 Å². The van der Waals surface area contributed by atoms with Crippen molar-refractivity contribution in [1.82, 2.24) is 14.8 Å². The Bertz CT molecular complexity index is 787. The van der Waals surface area contributed by atoms with Crippen molar-refractivity contribution in [3.63, 3.8) is 0 Å². The Hall–Kier alpha value is -2.16. The molecule has 2 aliphatic heterocycles. The van der Waals surface area contributed by atoms with E-state index in [-0.39, 0.29) is 29.8 Å². The molecule has 1 aromatic rings. The third kappa shape index (κ3) is 6.18. The minimum Gasteiger partial charge on any atom is -0.466 e. The summed E-state index contributed by atoms with van der Waals surface area (Å²) in [6, 6.07) is 0. The van der Waals surface area contributed by atoms with Gasteiger partial charge >= 0.3 is 12.1 Å². The van der Waals surface area contributed by atoms with Crippen LogP contribution >= 0.6 is 11.3 Å². The Morgan fingerprint density at radius 1 is 1.06 bits per heavy atom. The van der Waals surface area contributed by atoms with Crippen molar-refractivity contribution < 1.29 is 23.9 Å². The van der Waals surface area contributed by atoms with Gasteiger partial charge in [0.05, 0.1) is 17.5 Å². The second-order valence-corrected chi connectivity index (χ2v) is 10.0. The molecule has 0 aromatic carbocycles. The van der Waals surface area contributed by atoms with E-state index in [0.29, 0.717) is 51.3 Å². The maximum absolute atomic E-state index is 12.9. The van der Waals surface area contributed by atoms with Gasteiger partial charge < -0.3 is 19.3 Å². The number of rotatable bonds is 4. The van der Waals surface area contributed by atoms with Crippen LogP contribution < -0.4 is 0 Å². The van der Waals surface area contributed by atoms with Gasteiger partial charge in [-0.15, -0.1) is 11.3 Å². The van der Waals surface area contributed by atoms with Crippen molar-refractivity contribution in [2.75, 3.05) is 32.8 Å². The molecule has 0 radical (unpaired) electrons. The molecule has 3 rings (SSSR count). The van der Waals surface area contributed by atoms with Gasteiger partial charge in [0.25, 0.3) is 5.91 Å². The Morgan fingerprint density at radius 3 is 2.26 bits per heavy atom. The highest BCUT2D eigenvalue weighted by molar-refractivity contribution is 7.09. The number of ether oxygens (including phenoxy) is 2. The predicted octanol–water partition coefficient (Wildman–Crippen LogP) is 3.67. The van der Waals surface area contributed by atoms with Gasteiger partial charge in [0.1, 0.15) is 11.3 Å². The number of piperidine rings is 2. The number of thiazole rings is 1. The van der Waals surface area contributed by atoms with Crippen LogP contribution in [0, 0.1) is 5.92 Å². The highest BCUT2D eigenvalue weighted by atomic mass is 32.1. The molecule has 3 heterocycles. The van der Waals surface area contributed by atoms with Crippen LogP contribution in [0.3, 0.4) is 0 Å². The summed E-state index contributed by atoms with van der Waals surface area (Å²) in [6.45, 7) is 10.1. The average Bonchev–Trinajstić information content (AvgIpc) is 3.22. The Balaban J connectivity index is 1.50. The quantitative estimate of drug-likeness (QED) is 0.649. The lowest BCUT2D eigenvalue weighted by Gasteiger charge is -2.32. The van der Waals surface area contributed by atoms with Crippen molar-refractivity contribution in [3.05, 3.63) is 16.1 Å². The van der Waals surface area contributed by atoms with E-state index < -0.39 is 5.60 Å². The fraction of sp³-hybridized carbons (Fsp3) is 0.727. The van der Waals surface area contributed by atoms with Gasteiger partial charge in [0.15, 0.2) is 0 Å². The van der Waals surface area contributed by atoms with Crippen LogP contribution in [0.25, 0.3) is 0 Å². The first-order valence-corrected chi connectivity index (χ1v) is 11.9. The van der Waals surface area contributed by atoms with Crippen LogP contribution in [0.4, 0.5) is 4.79 Å². The van der Waals surface area contributed by atoms with Gasteiger partial charge in [-0.05, 0) is 53.4 Å². The van der Waals surface area contributed by atoms with Crippen LogP contribution in [0.2, 0.25) is 0 Å². The van der Waals surface area contributed by atoms with E-state index in [4.69, 9.17) is 9.47 Å². The van der Waals surface area contributed by atoms with Crippen molar-refractivity contribution in [2.24, 2.45) is 5.92 Å². The highest BCUT2D eigenvalue weighted by Gasteiger charge is 2.31. The third-order valence-electron chi connectivity index (χ3n) is 5.64. The molecule has 2 saturated heterocycles. The van der Waals surface area contributed by atoms with Gasteiger partial charge in [0.2, 0.25) is 0 Å². The molecule has 0 atom stereocenters. The van der Waals surface area contributed by atoms with E-state index in [9.17, 15) is 14.4 Å². The monoisotopic (exact) mass is 451 g/mol. The Labute approximate surface area is 187 Å². The van der Waals surface area contributed by atoms with Gasteiger partial charge in [-0.3, -0.25) is 9.59 Å². The van der Waals surface area contributed by atoms with E-state index >= 15 is 0 Å². The number of hydrogen-bond acceptors (Lipinski definition) is 7. The van der Waals surface area contributed by atoms with Crippen LogP contribution in [0.15, 0.2) is 5.38 Å². The summed E-state index contributed by atoms with van der Waals surface area (Å²) >= 11 is 1.51. The zero-order valence-electron chi connectivity index (χ0n) is 18.9. The molecule has 31 heavy (non-hydrogen) atoms. The van der Waals surface area contributed by atoms with E-state index in [1.165, 1.54) is 11.3 Å². The topological polar surface area (TPSA) is 89.0 Å². The SMILES string of the molecule is CCOC(=O)C1CCN(C(=O)c2csc(C3CCN(C(=O)OC(C)(C)C)CC3)n2)CC1. The minimum atomic E-state index is -0.497. The zero-order chi connectivity index (χ0) is 22.6. The summed E-state index contributed by atoms with van der Waals surface area (Å²) in [7, 11) is 0. The van der Waals surface area contributed by atoms with Crippen LogP contribution in [-0.4, -0.2) is 71.1 Å². The summed E-state index contributed by atoms with van der Waals surface area (Å²) in [5.74, 6) is -0.107. The first-order valence-electron chi connectivity index (χ1n) is 11.1. The molecule has 2 amide bonds. The lowest BCUT2D eigenvalue weighted by atomic mass is 9.97. The molecule has 0 spiro atoms. The molecular weight excluding hydrogens is 418 g/mol. The Morgan fingerprint density at radius 2 is 1.68 bits per heavy atom. The molecule has 172 valence electrons. The molecule has 0 unspecified atom stereocenters. The summed E-state index contributed by atoms with van der Waals surface area (Å²) < 4.78 is 10.5. The molecule has 2 aliphatic rings. The lowest BCUT2D eigenvalue weighted by Crippen LogP contribution is -2.41. The molecule has 9 heteroatoms. The van der Waals surface area contributed by atoms with Crippen LogP contribution in [0.1, 0.15) is 74.8 Å².